The van der Waals surface area contributed by atoms with Crippen LogP contribution in [0.1, 0.15) is 34.7 Å². The molecule has 8 heteroatoms. The van der Waals surface area contributed by atoms with Crippen LogP contribution in [0.5, 0.6) is 0 Å². The second-order valence-electron chi connectivity index (χ2n) is 4.27. The van der Waals surface area contributed by atoms with Gasteiger partial charge in [-0.2, -0.15) is 0 Å². The number of nitrogens with two attached hydrogens (primary N) is 1. The first kappa shape index (κ1) is 15.6. The number of thiophene rings is 1. The fourth-order valence-electron chi connectivity index (χ4n) is 1.75. The molecule has 0 saturated heterocycles. The van der Waals surface area contributed by atoms with Crippen molar-refractivity contribution < 1.29 is 8.42 Å². The van der Waals surface area contributed by atoms with E-state index in [2.05, 4.69) is 9.71 Å². The normalized spacial score (nSPS) is 13.6. The summed E-state index contributed by atoms with van der Waals surface area (Å²) in [6, 6.07) is 1.23. The molecule has 0 fully saturated rings. The van der Waals surface area contributed by atoms with E-state index in [9.17, 15) is 8.42 Å². The molecule has 0 aromatic carbocycles. The SMILES string of the molecule is CCc1cnc(C(C)NS(=O)(=O)c2ccsc2CN)s1. The molecule has 110 valence electrons. The molecule has 0 saturated carbocycles. The number of nitrogens with one attached hydrogen (secondary N) is 1. The average Bonchev–Trinajstić information content (AvgIpc) is 3.07. The van der Waals surface area contributed by atoms with E-state index in [1.165, 1.54) is 22.7 Å². The minimum atomic E-state index is -3.56. The second kappa shape index (κ2) is 6.31. The van der Waals surface area contributed by atoms with E-state index in [0.717, 1.165) is 16.3 Å². The van der Waals surface area contributed by atoms with Gasteiger partial charge in [-0.05, 0) is 24.8 Å². The molecule has 2 aromatic heterocycles. The van der Waals surface area contributed by atoms with Crippen LogP contribution in [0.15, 0.2) is 22.5 Å². The Bertz CT molecular complexity index is 676. The molecular formula is C12H17N3O2S3. The summed E-state index contributed by atoms with van der Waals surface area (Å²) in [5.74, 6) is 0. The van der Waals surface area contributed by atoms with Crippen LogP contribution in [0.4, 0.5) is 0 Å². The van der Waals surface area contributed by atoms with E-state index in [1.807, 2.05) is 6.92 Å². The molecule has 2 rings (SSSR count). The molecule has 1 unspecified atom stereocenters. The van der Waals surface area contributed by atoms with Crippen molar-refractivity contribution in [2.75, 3.05) is 0 Å². The van der Waals surface area contributed by atoms with Crippen LogP contribution in [0.3, 0.4) is 0 Å². The lowest BCUT2D eigenvalue weighted by atomic mass is 10.4. The third kappa shape index (κ3) is 3.26. The molecule has 2 heterocycles. The van der Waals surface area contributed by atoms with E-state index in [0.29, 0.717) is 4.88 Å². The third-order valence-electron chi connectivity index (χ3n) is 2.80. The van der Waals surface area contributed by atoms with Crippen LogP contribution in [-0.4, -0.2) is 13.4 Å². The number of sulfonamides is 1. The van der Waals surface area contributed by atoms with Crippen molar-refractivity contribution in [2.24, 2.45) is 5.73 Å². The van der Waals surface area contributed by atoms with Crippen LogP contribution in [0.25, 0.3) is 0 Å². The van der Waals surface area contributed by atoms with Gasteiger partial charge in [-0.1, -0.05) is 6.92 Å². The molecule has 3 N–H and O–H groups in total. The number of hydrogen-bond donors (Lipinski definition) is 2. The molecule has 0 aliphatic heterocycles. The largest absolute Gasteiger partial charge is 0.326 e. The van der Waals surface area contributed by atoms with Crippen LogP contribution in [0, 0.1) is 0 Å². The minimum absolute atomic E-state index is 0.222. The van der Waals surface area contributed by atoms with Gasteiger partial charge in [0.15, 0.2) is 0 Å². The summed E-state index contributed by atoms with van der Waals surface area (Å²) in [5.41, 5.74) is 5.56. The summed E-state index contributed by atoms with van der Waals surface area (Å²) in [6.07, 6.45) is 2.69. The van der Waals surface area contributed by atoms with Gasteiger partial charge >= 0.3 is 0 Å². The first-order chi connectivity index (χ1) is 9.47. The molecule has 2 aromatic rings. The Morgan fingerprint density at radius 2 is 2.25 bits per heavy atom. The van der Waals surface area contributed by atoms with Crippen molar-refractivity contribution in [3.63, 3.8) is 0 Å². The Morgan fingerprint density at radius 1 is 1.50 bits per heavy atom. The van der Waals surface area contributed by atoms with Gasteiger partial charge in [0, 0.05) is 22.5 Å². The van der Waals surface area contributed by atoms with Crippen LogP contribution in [0.2, 0.25) is 0 Å². The van der Waals surface area contributed by atoms with Crippen LogP contribution in [-0.2, 0) is 23.0 Å². The highest BCUT2D eigenvalue weighted by Gasteiger charge is 2.23. The maximum Gasteiger partial charge on any atom is 0.242 e. The minimum Gasteiger partial charge on any atom is -0.326 e. The quantitative estimate of drug-likeness (QED) is 0.850. The first-order valence-corrected chi connectivity index (χ1v) is 9.39. The van der Waals surface area contributed by atoms with Gasteiger partial charge in [-0.15, -0.1) is 22.7 Å². The highest BCUT2D eigenvalue weighted by atomic mass is 32.2. The van der Waals surface area contributed by atoms with E-state index in [-0.39, 0.29) is 17.5 Å². The Kier molecular flexibility index (Phi) is 4.92. The number of nitrogens with zero attached hydrogens (tertiary/aromatic N) is 1. The zero-order valence-corrected chi connectivity index (χ0v) is 13.7. The molecule has 0 amide bonds. The van der Waals surface area contributed by atoms with Crippen molar-refractivity contribution >= 4 is 32.7 Å². The number of aromatic nitrogens is 1. The zero-order chi connectivity index (χ0) is 14.8. The van der Waals surface area contributed by atoms with Gasteiger partial charge in [0.1, 0.15) is 5.01 Å². The summed E-state index contributed by atoms with van der Waals surface area (Å²) in [5, 5.41) is 2.51. The molecule has 0 radical (unpaired) electrons. The van der Waals surface area contributed by atoms with E-state index in [1.54, 1.807) is 24.6 Å². The van der Waals surface area contributed by atoms with Crippen molar-refractivity contribution in [1.82, 2.24) is 9.71 Å². The number of aryl methyl sites for hydroxylation is 1. The van der Waals surface area contributed by atoms with Gasteiger partial charge in [0.25, 0.3) is 0 Å². The fraction of sp³-hybridized carbons (Fsp3) is 0.417. The standard InChI is InChI=1S/C12H17N3O2S3/c1-3-9-7-14-12(19-9)8(2)15-20(16,17)11-4-5-18-10(11)6-13/h4-5,7-8,15H,3,6,13H2,1-2H3. The summed E-state index contributed by atoms with van der Waals surface area (Å²) >= 11 is 2.88. The smallest absolute Gasteiger partial charge is 0.242 e. The summed E-state index contributed by atoms with van der Waals surface area (Å²) in [6.45, 7) is 4.06. The number of hydrogen-bond acceptors (Lipinski definition) is 6. The maximum absolute atomic E-state index is 12.3. The van der Waals surface area contributed by atoms with Crippen molar-refractivity contribution in [3.8, 4) is 0 Å². The molecule has 0 aliphatic carbocycles. The summed E-state index contributed by atoms with van der Waals surface area (Å²) < 4.78 is 27.4. The van der Waals surface area contributed by atoms with E-state index in [4.69, 9.17) is 5.73 Å². The van der Waals surface area contributed by atoms with Gasteiger partial charge in [0.05, 0.1) is 10.9 Å². The van der Waals surface area contributed by atoms with E-state index >= 15 is 0 Å². The predicted octanol–water partition coefficient (Wildman–Crippen LogP) is 2.27. The Balaban J connectivity index is 2.20. The Labute approximate surface area is 126 Å². The first-order valence-electron chi connectivity index (χ1n) is 6.21. The third-order valence-corrected chi connectivity index (χ3v) is 6.82. The fourth-order valence-corrected chi connectivity index (χ4v) is 5.23. The van der Waals surface area contributed by atoms with Crippen LogP contribution < -0.4 is 10.5 Å². The summed E-state index contributed by atoms with van der Waals surface area (Å²) in [4.78, 5) is 6.34. The Hall–Kier alpha value is -0.800. The van der Waals surface area contributed by atoms with E-state index < -0.39 is 10.0 Å². The topological polar surface area (TPSA) is 85.1 Å². The molecular weight excluding hydrogens is 314 g/mol. The monoisotopic (exact) mass is 331 g/mol. The summed E-state index contributed by atoms with van der Waals surface area (Å²) in [7, 11) is -3.56. The molecule has 20 heavy (non-hydrogen) atoms. The number of thiazole rings is 1. The van der Waals surface area contributed by atoms with Gasteiger partial charge in [0.2, 0.25) is 10.0 Å². The van der Waals surface area contributed by atoms with Crippen molar-refractivity contribution in [2.45, 2.75) is 37.8 Å². The highest BCUT2D eigenvalue weighted by Crippen LogP contribution is 2.25. The lowest BCUT2D eigenvalue weighted by Crippen LogP contribution is -2.27. The highest BCUT2D eigenvalue weighted by molar-refractivity contribution is 7.89. The average molecular weight is 331 g/mol. The van der Waals surface area contributed by atoms with Crippen molar-refractivity contribution in [1.29, 1.82) is 0 Å². The van der Waals surface area contributed by atoms with Crippen molar-refractivity contribution in [3.05, 3.63) is 32.4 Å². The van der Waals surface area contributed by atoms with Crippen LogP contribution >= 0.6 is 22.7 Å². The molecule has 1 atom stereocenters. The van der Waals surface area contributed by atoms with Gasteiger partial charge in [-0.3, -0.25) is 0 Å². The number of rotatable bonds is 6. The predicted molar refractivity (Wildman–Crippen MR) is 82.4 cm³/mol. The molecule has 0 bridgehead atoms. The lowest BCUT2D eigenvalue weighted by Gasteiger charge is -2.12. The molecule has 0 aliphatic rings. The maximum atomic E-state index is 12.3. The zero-order valence-electron chi connectivity index (χ0n) is 11.3. The lowest BCUT2D eigenvalue weighted by molar-refractivity contribution is 0.566. The van der Waals surface area contributed by atoms with Gasteiger partial charge < -0.3 is 5.73 Å². The van der Waals surface area contributed by atoms with Gasteiger partial charge in [-0.25, -0.2) is 18.1 Å². The molecule has 0 spiro atoms. The second-order valence-corrected chi connectivity index (χ2v) is 8.10. The Morgan fingerprint density at radius 3 is 2.85 bits per heavy atom. The molecule has 5 nitrogen and oxygen atoms in total.